The van der Waals surface area contributed by atoms with Crippen LogP contribution in [-0.2, 0) is 32.6 Å². The average Bonchev–Trinajstić information content (AvgIpc) is 3.62. The van der Waals surface area contributed by atoms with Crippen LogP contribution in [0.15, 0.2) is 22.2 Å². The summed E-state index contributed by atoms with van der Waals surface area (Å²) >= 11 is 0. The van der Waals surface area contributed by atoms with Crippen molar-refractivity contribution in [2.24, 2.45) is 0 Å². The van der Waals surface area contributed by atoms with Gasteiger partial charge in [-0.05, 0) is 13.8 Å². The topological polar surface area (TPSA) is 297 Å². The molecule has 3 unspecified atom stereocenters. The van der Waals surface area contributed by atoms with Gasteiger partial charge in [0, 0.05) is 13.2 Å². The highest BCUT2D eigenvalue weighted by Crippen LogP contribution is 2.49. The maximum atomic E-state index is 13.1. The molecular weight excluding hydrogens is 613 g/mol. The number of phosphoric acid groups is 1. The summed E-state index contributed by atoms with van der Waals surface area (Å²) in [6.07, 6.45) is -7.49. The van der Waals surface area contributed by atoms with Crippen LogP contribution in [0.5, 0.6) is 0 Å². The highest BCUT2D eigenvalue weighted by Gasteiger charge is 2.51. The van der Waals surface area contributed by atoms with Gasteiger partial charge in [-0.1, -0.05) is 0 Å². The summed E-state index contributed by atoms with van der Waals surface area (Å²) in [5, 5.41) is 20.9. The van der Waals surface area contributed by atoms with Crippen LogP contribution in [-0.4, -0.2) is 112 Å². The number of aromatic amines is 1. The third kappa shape index (κ3) is 6.24. The Bertz CT molecular complexity index is 1630. The lowest BCUT2D eigenvalue weighted by Crippen LogP contribution is -2.40. The normalized spacial score (nSPS) is 30.2. The predicted octanol–water partition coefficient (Wildman–Crippen LogP) is -2.60. The maximum Gasteiger partial charge on any atom is 0.472 e. The van der Waals surface area contributed by atoms with Crippen LogP contribution >= 0.6 is 7.82 Å². The van der Waals surface area contributed by atoms with Gasteiger partial charge in [0.05, 0.1) is 19.5 Å². The molecule has 0 radical (unpaired) electrons. The van der Waals surface area contributed by atoms with E-state index < -0.39 is 81.4 Å². The first-order chi connectivity index (χ1) is 21.0. The van der Waals surface area contributed by atoms with E-state index in [0.29, 0.717) is 0 Å². The van der Waals surface area contributed by atoms with E-state index in [-0.39, 0.29) is 36.3 Å². The van der Waals surface area contributed by atoms with E-state index >= 15 is 0 Å². The van der Waals surface area contributed by atoms with Gasteiger partial charge in [-0.2, -0.15) is 9.97 Å². The molecule has 9 atom stereocenters. The van der Waals surface area contributed by atoms with Crippen molar-refractivity contribution >= 4 is 30.9 Å². The van der Waals surface area contributed by atoms with Crippen LogP contribution in [0.1, 0.15) is 26.3 Å². The Labute approximate surface area is 247 Å². The van der Waals surface area contributed by atoms with Gasteiger partial charge in [0.2, 0.25) is 11.9 Å². The molecule has 2 aliphatic heterocycles. The number of aromatic nitrogens is 7. The minimum absolute atomic E-state index is 0.0346. The molecule has 5 rings (SSSR count). The molecule has 3 aromatic heterocycles. The van der Waals surface area contributed by atoms with Crippen molar-refractivity contribution < 1.29 is 47.7 Å². The molecule has 5 heterocycles. The van der Waals surface area contributed by atoms with Gasteiger partial charge in [-0.25, -0.2) is 19.3 Å². The fourth-order valence-corrected chi connectivity index (χ4v) is 6.00. The third-order valence-corrected chi connectivity index (χ3v) is 7.88. The van der Waals surface area contributed by atoms with Gasteiger partial charge in [-0.15, -0.1) is 0 Å². The Morgan fingerprint density at radius 2 is 1.66 bits per heavy atom. The molecule has 2 fully saturated rings. The third-order valence-electron chi connectivity index (χ3n) is 6.90. The van der Waals surface area contributed by atoms with Crippen LogP contribution in [0.4, 0.5) is 11.9 Å². The maximum absolute atomic E-state index is 13.1. The Kier molecular flexibility index (Phi) is 9.41. The second-order valence-electron chi connectivity index (χ2n) is 9.66. The first-order valence-corrected chi connectivity index (χ1v) is 14.9. The van der Waals surface area contributed by atoms with Crippen LogP contribution < -0.4 is 22.7 Å². The summed E-state index contributed by atoms with van der Waals surface area (Å²) in [6.45, 7) is 2.20. The lowest BCUT2D eigenvalue weighted by Gasteiger charge is -2.26. The number of hydrogen-bond donors (Lipinski definition) is 6. The van der Waals surface area contributed by atoms with Gasteiger partial charge in [-0.3, -0.25) is 28.0 Å². The van der Waals surface area contributed by atoms with Crippen molar-refractivity contribution in [2.75, 3.05) is 37.9 Å². The van der Waals surface area contributed by atoms with Crippen LogP contribution in [0.2, 0.25) is 0 Å². The second kappa shape index (κ2) is 12.9. The van der Waals surface area contributed by atoms with Crippen LogP contribution in [0.3, 0.4) is 0 Å². The highest BCUT2D eigenvalue weighted by molar-refractivity contribution is 7.47. The minimum atomic E-state index is -4.97. The van der Waals surface area contributed by atoms with Crippen molar-refractivity contribution in [3.8, 4) is 0 Å². The number of fused-ring (bicyclic) bond motifs is 1. The van der Waals surface area contributed by atoms with Gasteiger partial charge >= 0.3 is 13.5 Å². The Balaban J connectivity index is 1.32. The van der Waals surface area contributed by atoms with E-state index in [1.807, 2.05) is 0 Å². The molecule has 3 aromatic rings. The quantitative estimate of drug-likeness (QED) is 0.110. The van der Waals surface area contributed by atoms with E-state index in [9.17, 15) is 29.3 Å². The zero-order valence-electron chi connectivity index (χ0n) is 23.4. The Hall–Kier alpha value is -3.37. The summed E-state index contributed by atoms with van der Waals surface area (Å²) in [5.74, 6) is -0.454. The molecule has 242 valence electrons. The predicted molar refractivity (Wildman–Crippen MR) is 146 cm³/mol. The molecule has 0 spiro atoms. The SMILES string of the molecule is CCO[C@H]1C(OP(=O)(O)OC[C@H]2O[C@@H](n3cnc4c(=O)[nH]c(N)nc43)[C@@H](OCC)C2O)[C@@H](CO)O[C@H]1n1cnc(N)nc1=O. The Morgan fingerprint density at radius 3 is 2.34 bits per heavy atom. The second-order valence-corrected chi connectivity index (χ2v) is 11.1. The molecule has 0 aliphatic carbocycles. The van der Waals surface area contributed by atoms with Crippen molar-refractivity contribution in [3.05, 3.63) is 33.5 Å². The molecule has 0 saturated carbocycles. The molecule has 0 aromatic carbocycles. The lowest BCUT2D eigenvalue weighted by atomic mass is 10.1. The van der Waals surface area contributed by atoms with Crippen molar-refractivity contribution in [3.63, 3.8) is 0 Å². The van der Waals surface area contributed by atoms with Crippen LogP contribution in [0.25, 0.3) is 11.2 Å². The molecule has 0 amide bonds. The average molecular weight is 646 g/mol. The van der Waals surface area contributed by atoms with E-state index in [0.717, 1.165) is 10.9 Å². The molecule has 8 N–H and O–H groups in total. The number of imidazole rings is 1. The number of hydrogen-bond acceptors (Lipinski definition) is 17. The van der Waals surface area contributed by atoms with Crippen molar-refractivity contribution in [1.82, 2.24) is 34.1 Å². The molecular formula is C22H32N9O12P. The molecule has 22 heteroatoms. The number of rotatable bonds is 12. The molecule has 44 heavy (non-hydrogen) atoms. The number of H-pyrrole nitrogens is 1. The smallest absolute Gasteiger partial charge is 0.394 e. The van der Waals surface area contributed by atoms with E-state index in [1.165, 1.54) is 10.9 Å². The van der Waals surface area contributed by atoms with Gasteiger partial charge in [0.15, 0.2) is 23.6 Å². The van der Waals surface area contributed by atoms with E-state index in [2.05, 4.69) is 24.9 Å². The highest BCUT2D eigenvalue weighted by atomic mass is 31.2. The van der Waals surface area contributed by atoms with Crippen molar-refractivity contribution in [1.29, 1.82) is 0 Å². The zero-order valence-corrected chi connectivity index (χ0v) is 24.3. The molecule has 0 bridgehead atoms. The number of nitrogens with one attached hydrogen (secondary N) is 1. The number of nitrogen functional groups attached to an aromatic ring is 2. The standard InChI is InChI=1S/C22H32N9O12P/c1-3-38-14-12(33)10(42-18(14)30-7-25-11-16(30)27-21(24)28-17(11)34)6-40-44(36,37)43-13-9(5-32)41-19(15(13)39-4-2)31-8-26-20(23)29-22(31)35/h7-10,12-15,18-19,32-33H,3-6H2,1-2H3,(H,36,37)(H2,23,29,35)(H3,24,27,28,34)/t9-,10-,12?,13?,14+,15+,18-,19-/m1/s1. The summed E-state index contributed by atoms with van der Waals surface area (Å²) in [4.78, 5) is 53.1. The summed E-state index contributed by atoms with van der Waals surface area (Å²) in [7, 11) is -4.97. The number of phosphoric ester groups is 1. The number of nitrogens with zero attached hydrogens (tertiary/aromatic N) is 6. The monoisotopic (exact) mass is 645 g/mol. The first kappa shape index (κ1) is 32.0. The van der Waals surface area contributed by atoms with Crippen molar-refractivity contribution in [2.45, 2.75) is 62.9 Å². The zero-order chi connectivity index (χ0) is 31.8. The lowest BCUT2D eigenvalue weighted by molar-refractivity contribution is -0.0732. The number of aliphatic hydroxyl groups is 2. The van der Waals surface area contributed by atoms with Gasteiger partial charge in [0.25, 0.3) is 5.56 Å². The number of ether oxygens (including phenoxy) is 4. The van der Waals surface area contributed by atoms with Gasteiger partial charge < -0.3 is 45.5 Å². The number of anilines is 2. The Morgan fingerprint density at radius 1 is 1.00 bits per heavy atom. The summed E-state index contributed by atoms with van der Waals surface area (Å²) < 4.78 is 49.0. The summed E-state index contributed by atoms with van der Waals surface area (Å²) in [5.41, 5.74) is 9.73. The fourth-order valence-electron chi connectivity index (χ4n) is 5.04. The largest absolute Gasteiger partial charge is 0.472 e. The molecule has 21 nitrogen and oxygen atoms in total. The fraction of sp³-hybridized carbons (Fsp3) is 0.636. The van der Waals surface area contributed by atoms with Crippen LogP contribution in [0, 0.1) is 0 Å². The molecule has 2 aliphatic rings. The van der Waals surface area contributed by atoms with Gasteiger partial charge in [0.1, 0.15) is 43.0 Å². The number of aliphatic hydroxyl groups excluding tert-OH is 2. The van der Waals surface area contributed by atoms with E-state index in [1.54, 1.807) is 13.8 Å². The minimum Gasteiger partial charge on any atom is -0.394 e. The summed E-state index contributed by atoms with van der Waals surface area (Å²) in [6, 6.07) is 0. The first-order valence-electron chi connectivity index (χ1n) is 13.4. The molecule has 2 saturated heterocycles. The number of nitrogens with two attached hydrogens (primary N) is 2. The van der Waals surface area contributed by atoms with E-state index in [4.69, 9.17) is 39.5 Å².